The standard InChI is InChI=1S/C23H22F3N3O5/c1-32-18-11-16-17(12-19(18)33-2)27-13-28-20(16)22(31)7-9-29(10-8-22)21(30)14-3-5-15(6-4-14)34-23(24,25)26/h3-6,11-13,31H,7-10H2,1-2H3. The van der Waals surface area contributed by atoms with Gasteiger partial charge < -0.3 is 24.2 Å². The molecule has 1 aromatic heterocycles. The number of methoxy groups -OCH3 is 2. The molecule has 1 saturated heterocycles. The Morgan fingerprint density at radius 2 is 1.65 bits per heavy atom. The highest BCUT2D eigenvalue weighted by atomic mass is 19.4. The molecule has 0 unspecified atom stereocenters. The number of fused-ring (bicyclic) bond motifs is 1. The Morgan fingerprint density at radius 3 is 2.24 bits per heavy atom. The summed E-state index contributed by atoms with van der Waals surface area (Å²) < 4.78 is 51.5. The average molecular weight is 477 g/mol. The van der Waals surface area contributed by atoms with Gasteiger partial charge >= 0.3 is 6.36 Å². The van der Waals surface area contributed by atoms with Gasteiger partial charge in [-0.1, -0.05) is 0 Å². The molecular weight excluding hydrogens is 455 g/mol. The van der Waals surface area contributed by atoms with E-state index in [0.29, 0.717) is 28.1 Å². The highest BCUT2D eigenvalue weighted by Gasteiger charge is 2.38. The molecule has 2 heterocycles. The van der Waals surface area contributed by atoms with Crippen molar-refractivity contribution in [1.29, 1.82) is 0 Å². The number of nitrogens with zero attached hydrogens (tertiary/aromatic N) is 3. The van der Waals surface area contributed by atoms with Crippen LogP contribution in [-0.2, 0) is 5.60 Å². The predicted octanol–water partition coefficient (Wildman–Crippen LogP) is 3.67. The molecule has 1 N–H and O–H groups in total. The van der Waals surface area contributed by atoms with Crippen LogP contribution in [0, 0.1) is 0 Å². The monoisotopic (exact) mass is 477 g/mol. The van der Waals surface area contributed by atoms with Gasteiger partial charge in [-0.05, 0) is 43.2 Å². The van der Waals surface area contributed by atoms with Crippen molar-refractivity contribution in [1.82, 2.24) is 14.9 Å². The molecule has 1 amide bonds. The van der Waals surface area contributed by atoms with Gasteiger partial charge in [0.05, 0.1) is 25.4 Å². The SMILES string of the molecule is COc1cc2ncnc(C3(O)CCN(C(=O)c4ccc(OC(F)(F)F)cc4)CC3)c2cc1OC. The van der Waals surface area contributed by atoms with Gasteiger partial charge in [0.2, 0.25) is 0 Å². The Hall–Kier alpha value is -3.60. The molecule has 2 aromatic carbocycles. The van der Waals surface area contributed by atoms with E-state index in [4.69, 9.17) is 9.47 Å². The quantitative estimate of drug-likeness (QED) is 0.599. The lowest BCUT2D eigenvalue weighted by molar-refractivity contribution is -0.274. The van der Waals surface area contributed by atoms with E-state index in [1.54, 1.807) is 17.0 Å². The number of amides is 1. The number of carbonyl (C=O) groups excluding carboxylic acids is 1. The Labute approximate surface area is 192 Å². The summed E-state index contributed by atoms with van der Waals surface area (Å²) in [6.07, 6.45) is -3.00. The Balaban J connectivity index is 1.52. The molecule has 4 rings (SSSR count). The van der Waals surface area contributed by atoms with Crippen LogP contribution in [0.25, 0.3) is 10.9 Å². The van der Waals surface area contributed by atoms with Gasteiger partial charge in [0, 0.05) is 30.1 Å². The molecule has 1 aliphatic rings. The molecule has 1 aliphatic heterocycles. The van der Waals surface area contributed by atoms with Crippen LogP contribution < -0.4 is 14.2 Å². The van der Waals surface area contributed by atoms with Crippen molar-refractivity contribution in [2.24, 2.45) is 0 Å². The minimum Gasteiger partial charge on any atom is -0.493 e. The first-order valence-electron chi connectivity index (χ1n) is 10.4. The van der Waals surface area contributed by atoms with Crippen LogP contribution >= 0.6 is 0 Å². The summed E-state index contributed by atoms with van der Waals surface area (Å²) in [7, 11) is 3.02. The van der Waals surface area contributed by atoms with E-state index in [1.165, 1.54) is 32.7 Å². The highest BCUT2D eigenvalue weighted by molar-refractivity contribution is 5.94. The highest BCUT2D eigenvalue weighted by Crippen LogP contribution is 2.39. The molecule has 8 nitrogen and oxygen atoms in total. The number of hydrogen-bond donors (Lipinski definition) is 1. The maximum absolute atomic E-state index is 12.8. The summed E-state index contributed by atoms with van der Waals surface area (Å²) in [6, 6.07) is 8.16. The zero-order valence-corrected chi connectivity index (χ0v) is 18.4. The number of hydrogen-bond acceptors (Lipinski definition) is 7. The fourth-order valence-corrected chi connectivity index (χ4v) is 4.05. The fourth-order valence-electron chi connectivity index (χ4n) is 4.05. The Morgan fingerprint density at radius 1 is 1.03 bits per heavy atom. The number of piperidine rings is 1. The molecule has 0 spiro atoms. The molecule has 1 fully saturated rings. The molecule has 3 aromatic rings. The number of halogens is 3. The molecule has 0 radical (unpaired) electrons. The van der Waals surface area contributed by atoms with Gasteiger partial charge in [0.1, 0.15) is 17.7 Å². The lowest BCUT2D eigenvalue weighted by atomic mass is 9.85. The van der Waals surface area contributed by atoms with Crippen LogP contribution in [0.3, 0.4) is 0 Å². The van der Waals surface area contributed by atoms with Gasteiger partial charge in [0.15, 0.2) is 11.5 Å². The first kappa shape index (κ1) is 23.6. The zero-order chi connectivity index (χ0) is 24.5. The summed E-state index contributed by atoms with van der Waals surface area (Å²) in [5.41, 5.74) is -0.0682. The third kappa shape index (κ3) is 4.69. The molecular formula is C23H22F3N3O5. The number of aliphatic hydroxyl groups is 1. The molecule has 0 atom stereocenters. The van der Waals surface area contributed by atoms with E-state index in [-0.39, 0.29) is 37.4 Å². The molecule has 0 saturated carbocycles. The van der Waals surface area contributed by atoms with E-state index in [2.05, 4.69) is 14.7 Å². The van der Waals surface area contributed by atoms with E-state index >= 15 is 0 Å². The number of benzene rings is 2. The zero-order valence-electron chi connectivity index (χ0n) is 18.4. The maximum atomic E-state index is 12.8. The van der Waals surface area contributed by atoms with Crippen molar-refractivity contribution in [3.05, 3.63) is 54.0 Å². The van der Waals surface area contributed by atoms with Crippen molar-refractivity contribution in [2.45, 2.75) is 24.8 Å². The third-order valence-corrected chi connectivity index (χ3v) is 5.79. The second-order valence-corrected chi connectivity index (χ2v) is 7.84. The summed E-state index contributed by atoms with van der Waals surface area (Å²) in [5.74, 6) is 0.221. The molecule has 11 heteroatoms. The number of aromatic nitrogens is 2. The maximum Gasteiger partial charge on any atom is 0.573 e. The Bertz CT molecular complexity index is 1190. The Kier molecular flexibility index (Phi) is 6.22. The van der Waals surface area contributed by atoms with E-state index in [9.17, 15) is 23.1 Å². The summed E-state index contributed by atoms with van der Waals surface area (Å²) in [6.45, 7) is 0.462. The van der Waals surface area contributed by atoms with Crippen LogP contribution in [0.15, 0.2) is 42.7 Å². The van der Waals surface area contributed by atoms with Crippen LogP contribution in [0.2, 0.25) is 0 Å². The van der Waals surface area contributed by atoms with Crippen molar-refractivity contribution < 1.29 is 37.3 Å². The van der Waals surface area contributed by atoms with Crippen molar-refractivity contribution in [3.8, 4) is 17.2 Å². The van der Waals surface area contributed by atoms with Gasteiger partial charge in [-0.25, -0.2) is 9.97 Å². The molecule has 34 heavy (non-hydrogen) atoms. The summed E-state index contributed by atoms with van der Waals surface area (Å²) in [4.78, 5) is 23.0. The molecule has 0 aliphatic carbocycles. The van der Waals surface area contributed by atoms with Crippen LogP contribution in [-0.4, -0.2) is 59.6 Å². The summed E-state index contributed by atoms with van der Waals surface area (Å²) >= 11 is 0. The van der Waals surface area contributed by atoms with Gasteiger partial charge in [-0.2, -0.15) is 0 Å². The number of carbonyl (C=O) groups is 1. The second-order valence-electron chi connectivity index (χ2n) is 7.84. The lowest BCUT2D eigenvalue weighted by Gasteiger charge is -2.38. The number of alkyl halides is 3. The smallest absolute Gasteiger partial charge is 0.493 e. The van der Waals surface area contributed by atoms with E-state index < -0.39 is 17.7 Å². The topological polar surface area (TPSA) is 94.0 Å². The predicted molar refractivity (Wildman–Crippen MR) is 115 cm³/mol. The minimum absolute atomic E-state index is 0.217. The van der Waals surface area contributed by atoms with Crippen LogP contribution in [0.4, 0.5) is 13.2 Å². The number of ether oxygens (including phenoxy) is 3. The van der Waals surface area contributed by atoms with Gasteiger partial charge in [-0.15, -0.1) is 13.2 Å². The van der Waals surface area contributed by atoms with Crippen LogP contribution in [0.1, 0.15) is 28.9 Å². The normalized spacial score (nSPS) is 15.8. The van der Waals surface area contributed by atoms with Crippen molar-refractivity contribution in [2.75, 3.05) is 27.3 Å². The van der Waals surface area contributed by atoms with E-state index in [0.717, 1.165) is 12.1 Å². The molecule has 180 valence electrons. The first-order valence-corrected chi connectivity index (χ1v) is 10.4. The average Bonchev–Trinajstić information content (AvgIpc) is 2.82. The second kappa shape index (κ2) is 8.98. The number of likely N-dealkylation sites (tertiary alicyclic amines) is 1. The first-order chi connectivity index (χ1) is 16.1. The van der Waals surface area contributed by atoms with Gasteiger partial charge in [-0.3, -0.25) is 4.79 Å². The lowest BCUT2D eigenvalue weighted by Crippen LogP contribution is -2.45. The number of rotatable bonds is 5. The minimum atomic E-state index is -4.80. The molecule has 0 bridgehead atoms. The van der Waals surface area contributed by atoms with E-state index in [1.807, 2.05) is 0 Å². The van der Waals surface area contributed by atoms with Crippen molar-refractivity contribution in [3.63, 3.8) is 0 Å². The fraction of sp³-hybridized carbons (Fsp3) is 0.348. The van der Waals surface area contributed by atoms with Crippen LogP contribution in [0.5, 0.6) is 17.2 Å². The van der Waals surface area contributed by atoms with Gasteiger partial charge in [0.25, 0.3) is 5.91 Å². The largest absolute Gasteiger partial charge is 0.573 e. The third-order valence-electron chi connectivity index (χ3n) is 5.79. The van der Waals surface area contributed by atoms with Crippen molar-refractivity contribution >= 4 is 16.8 Å². The summed E-state index contributed by atoms with van der Waals surface area (Å²) in [5, 5.41) is 12.0.